The zero-order valence-corrected chi connectivity index (χ0v) is 17.2. The van der Waals surface area contributed by atoms with Crippen LogP contribution in [0, 0.1) is 5.41 Å². The molecule has 0 spiro atoms. The number of hydrogen-bond donors (Lipinski definition) is 2. The Hall–Kier alpha value is -3.53. The quantitative estimate of drug-likeness (QED) is 0.659. The van der Waals surface area contributed by atoms with Gasteiger partial charge in [-0.2, -0.15) is 10.2 Å². The smallest absolute Gasteiger partial charge is 0.274 e. The Morgan fingerprint density at radius 2 is 2.10 bits per heavy atom. The summed E-state index contributed by atoms with van der Waals surface area (Å²) in [6, 6.07) is 5.11. The number of nitrogens with one attached hydrogen (secondary N) is 1. The van der Waals surface area contributed by atoms with Crippen LogP contribution >= 0.6 is 0 Å². The maximum absolute atomic E-state index is 12.9. The van der Waals surface area contributed by atoms with Crippen LogP contribution < -0.4 is 16.0 Å². The van der Waals surface area contributed by atoms with Crippen LogP contribution in [0.5, 0.6) is 0 Å². The van der Waals surface area contributed by atoms with Crippen LogP contribution in [-0.2, 0) is 18.4 Å². The van der Waals surface area contributed by atoms with Crippen molar-refractivity contribution in [1.29, 1.82) is 0 Å². The van der Waals surface area contributed by atoms with Gasteiger partial charge in [-0.15, -0.1) is 0 Å². The van der Waals surface area contributed by atoms with Gasteiger partial charge in [-0.05, 0) is 18.6 Å². The number of nitrogens with zero attached hydrogens (tertiary/aromatic N) is 6. The average Bonchev–Trinajstić information content (AvgIpc) is 3.41. The minimum atomic E-state index is -0.444. The minimum absolute atomic E-state index is 0.00814. The van der Waals surface area contributed by atoms with E-state index in [4.69, 9.17) is 5.73 Å². The predicted molar refractivity (Wildman–Crippen MR) is 111 cm³/mol. The number of nitrogens with two attached hydrogens (primary N) is 1. The third kappa shape index (κ3) is 3.57. The van der Waals surface area contributed by atoms with E-state index in [9.17, 15) is 9.59 Å². The number of hydrogen-bond acceptors (Lipinski definition) is 6. The Kier molecular flexibility index (Phi) is 4.86. The van der Waals surface area contributed by atoms with Crippen LogP contribution in [-0.4, -0.2) is 42.9 Å². The van der Waals surface area contributed by atoms with Crippen LogP contribution in [0.3, 0.4) is 0 Å². The highest BCUT2D eigenvalue weighted by atomic mass is 16.2. The van der Waals surface area contributed by atoms with Gasteiger partial charge < -0.3 is 11.1 Å². The highest BCUT2D eigenvalue weighted by Gasteiger charge is 2.41. The number of anilines is 2. The second kappa shape index (κ2) is 7.38. The van der Waals surface area contributed by atoms with E-state index in [1.165, 1.54) is 0 Å². The Morgan fingerprint density at radius 3 is 2.77 bits per heavy atom. The summed E-state index contributed by atoms with van der Waals surface area (Å²) < 4.78 is 3.14. The molecular weight excluding hydrogens is 384 g/mol. The summed E-state index contributed by atoms with van der Waals surface area (Å²) in [5.41, 5.74) is 6.73. The van der Waals surface area contributed by atoms with Gasteiger partial charge in [-0.1, -0.05) is 19.9 Å². The molecule has 30 heavy (non-hydrogen) atoms. The van der Waals surface area contributed by atoms with Crippen molar-refractivity contribution in [3.05, 3.63) is 48.0 Å². The molecule has 0 unspecified atom stereocenters. The molecule has 0 aromatic carbocycles. The minimum Gasteiger partial charge on any atom is -0.326 e. The third-order valence-electron chi connectivity index (χ3n) is 5.17. The number of carbonyl (C=O) groups excluding carboxylic acids is 2. The summed E-state index contributed by atoms with van der Waals surface area (Å²) in [7, 11) is 1.75. The van der Waals surface area contributed by atoms with Crippen molar-refractivity contribution in [2.45, 2.75) is 26.8 Å². The first-order valence-electron chi connectivity index (χ1n) is 9.66. The van der Waals surface area contributed by atoms with Gasteiger partial charge in [-0.25, -0.2) is 9.67 Å². The molecule has 0 bridgehead atoms. The fraction of sp³-hybridized carbons (Fsp3) is 0.350. The maximum atomic E-state index is 12.9. The Labute approximate surface area is 173 Å². The molecule has 3 N–H and O–H groups in total. The highest BCUT2D eigenvalue weighted by Crippen LogP contribution is 2.36. The van der Waals surface area contributed by atoms with E-state index in [-0.39, 0.29) is 11.6 Å². The van der Waals surface area contributed by atoms with E-state index >= 15 is 0 Å². The van der Waals surface area contributed by atoms with E-state index in [1.54, 1.807) is 58.1 Å². The monoisotopic (exact) mass is 408 g/mol. The first-order valence-corrected chi connectivity index (χ1v) is 9.66. The van der Waals surface area contributed by atoms with Gasteiger partial charge in [0.25, 0.3) is 5.91 Å². The van der Waals surface area contributed by atoms with Gasteiger partial charge in [0.15, 0.2) is 11.6 Å². The van der Waals surface area contributed by atoms with Gasteiger partial charge in [-0.3, -0.25) is 19.2 Å². The molecule has 0 aliphatic carbocycles. The van der Waals surface area contributed by atoms with Gasteiger partial charge in [0.1, 0.15) is 11.4 Å². The van der Waals surface area contributed by atoms with E-state index in [2.05, 4.69) is 20.5 Å². The first kappa shape index (κ1) is 19.8. The van der Waals surface area contributed by atoms with Crippen LogP contribution in [0.1, 0.15) is 36.3 Å². The molecule has 10 nitrogen and oxygen atoms in total. The topological polar surface area (TPSA) is 124 Å². The number of amides is 2. The van der Waals surface area contributed by atoms with Crippen molar-refractivity contribution in [2.24, 2.45) is 18.2 Å². The molecule has 1 aliphatic heterocycles. The Bertz CT molecular complexity index is 1110. The van der Waals surface area contributed by atoms with Gasteiger partial charge in [0, 0.05) is 37.3 Å². The number of carbonyl (C=O) groups is 2. The zero-order valence-electron chi connectivity index (χ0n) is 17.2. The second-order valence-corrected chi connectivity index (χ2v) is 7.96. The van der Waals surface area contributed by atoms with E-state index in [0.29, 0.717) is 30.4 Å². The average molecular weight is 408 g/mol. The summed E-state index contributed by atoms with van der Waals surface area (Å²) >= 11 is 0. The lowest BCUT2D eigenvalue weighted by Crippen LogP contribution is -2.32. The molecule has 0 radical (unpaired) electrons. The largest absolute Gasteiger partial charge is 0.326 e. The summed E-state index contributed by atoms with van der Waals surface area (Å²) in [6.45, 7) is 4.76. The lowest BCUT2D eigenvalue weighted by atomic mass is 9.92. The molecule has 3 aromatic rings. The molecule has 4 rings (SSSR count). The molecule has 2 amide bonds. The molecule has 0 saturated carbocycles. The van der Waals surface area contributed by atoms with E-state index in [1.807, 2.05) is 13.8 Å². The predicted octanol–water partition coefficient (Wildman–Crippen LogP) is 1.47. The summed E-state index contributed by atoms with van der Waals surface area (Å²) in [6.07, 6.45) is 5.83. The van der Waals surface area contributed by atoms with Crippen molar-refractivity contribution in [2.75, 3.05) is 16.8 Å². The molecule has 156 valence electrons. The van der Waals surface area contributed by atoms with E-state index in [0.717, 1.165) is 12.0 Å². The van der Waals surface area contributed by atoms with Crippen molar-refractivity contribution in [3.8, 4) is 5.82 Å². The molecule has 1 aliphatic rings. The second-order valence-electron chi connectivity index (χ2n) is 7.96. The van der Waals surface area contributed by atoms with Crippen LogP contribution in [0.2, 0.25) is 0 Å². The van der Waals surface area contributed by atoms with Crippen molar-refractivity contribution < 1.29 is 9.59 Å². The first-order chi connectivity index (χ1) is 14.3. The van der Waals surface area contributed by atoms with E-state index < -0.39 is 11.3 Å². The molecule has 4 heterocycles. The number of rotatable bonds is 5. The molecule has 10 heteroatoms. The lowest BCUT2D eigenvalue weighted by Gasteiger charge is -2.18. The number of pyridine rings is 1. The van der Waals surface area contributed by atoms with Crippen LogP contribution in [0.15, 0.2) is 36.8 Å². The standard InChI is InChI=1S/C20H24N8O2/c1-20(2)7-8-27(19(20)30)17-15(12-26(3)25-17)24-18(29)14-5-4-6-16(23-14)28-11-13(9-21)10-22-28/h4-6,10-12H,7-9,21H2,1-3H3,(H,24,29). The van der Waals surface area contributed by atoms with Gasteiger partial charge >= 0.3 is 0 Å². The highest BCUT2D eigenvalue weighted by molar-refractivity contribution is 6.07. The third-order valence-corrected chi connectivity index (χ3v) is 5.17. The zero-order chi connectivity index (χ0) is 21.5. The molecule has 3 aromatic heterocycles. The molecule has 0 atom stereocenters. The fourth-order valence-electron chi connectivity index (χ4n) is 3.39. The summed E-state index contributed by atoms with van der Waals surface area (Å²) in [4.78, 5) is 31.6. The van der Waals surface area contributed by atoms with Crippen LogP contribution in [0.25, 0.3) is 5.82 Å². The summed E-state index contributed by atoms with van der Waals surface area (Å²) in [5.74, 6) is 0.539. The molecular formula is C20H24N8O2. The van der Waals surface area contributed by atoms with Crippen molar-refractivity contribution in [1.82, 2.24) is 24.5 Å². The Morgan fingerprint density at radius 1 is 1.30 bits per heavy atom. The summed E-state index contributed by atoms with van der Waals surface area (Å²) in [5, 5.41) is 11.5. The molecule has 1 fully saturated rings. The Balaban J connectivity index is 1.58. The number of aromatic nitrogens is 5. The maximum Gasteiger partial charge on any atom is 0.274 e. The van der Waals surface area contributed by atoms with Crippen molar-refractivity contribution >= 4 is 23.3 Å². The SMILES string of the molecule is Cn1cc(NC(=O)c2cccc(-n3cc(CN)cn3)n2)c(N2CCC(C)(C)C2=O)n1. The lowest BCUT2D eigenvalue weighted by molar-refractivity contribution is -0.124. The number of aryl methyl sites for hydroxylation is 1. The van der Waals surface area contributed by atoms with Crippen molar-refractivity contribution in [3.63, 3.8) is 0 Å². The fourth-order valence-corrected chi connectivity index (χ4v) is 3.39. The van der Waals surface area contributed by atoms with Gasteiger partial charge in [0.2, 0.25) is 5.91 Å². The normalized spacial score (nSPS) is 15.6. The van der Waals surface area contributed by atoms with Gasteiger partial charge in [0.05, 0.1) is 12.4 Å². The molecule has 1 saturated heterocycles. The van der Waals surface area contributed by atoms with Crippen LogP contribution in [0.4, 0.5) is 11.5 Å².